The van der Waals surface area contributed by atoms with E-state index in [0.29, 0.717) is 12.8 Å². The highest BCUT2D eigenvalue weighted by Crippen LogP contribution is 2.34. The smallest absolute Gasteiger partial charge is 0.319 e. The van der Waals surface area contributed by atoms with Gasteiger partial charge in [0.15, 0.2) is 0 Å². The van der Waals surface area contributed by atoms with E-state index in [1.165, 1.54) is 0 Å². The molecule has 0 aliphatic heterocycles. The molecule has 4 heteroatoms. The summed E-state index contributed by atoms with van der Waals surface area (Å²) in [4.78, 5) is 22.1. The standard InChI is InChI=1S/C9H15NO3/c10-7(11)9(8(12)13)5-3-1-2-4-6-9/h1-6H2,(H2,10,11)(H,12,13). The monoisotopic (exact) mass is 185 g/mol. The summed E-state index contributed by atoms with van der Waals surface area (Å²) in [6, 6.07) is 0. The number of carbonyl (C=O) groups is 2. The lowest BCUT2D eigenvalue weighted by atomic mass is 9.80. The van der Waals surface area contributed by atoms with Crippen molar-refractivity contribution in [2.45, 2.75) is 38.5 Å². The maximum Gasteiger partial charge on any atom is 0.319 e. The summed E-state index contributed by atoms with van der Waals surface area (Å²) in [5.41, 5.74) is 3.87. The molecule has 0 spiro atoms. The molecule has 0 aromatic heterocycles. The van der Waals surface area contributed by atoms with E-state index in [9.17, 15) is 9.59 Å². The third-order valence-electron chi connectivity index (χ3n) is 2.84. The second kappa shape index (κ2) is 3.77. The van der Waals surface area contributed by atoms with Crippen molar-refractivity contribution in [3.63, 3.8) is 0 Å². The molecule has 0 saturated heterocycles. The number of aliphatic carboxylic acids is 1. The average molecular weight is 185 g/mol. The number of hydrogen-bond donors (Lipinski definition) is 2. The lowest BCUT2D eigenvalue weighted by molar-refractivity contribution is -0.155. The Bertz CT molecular complexity index is 201. The molecule has 1 saturated carbocycles. The van der Waals surface area contributed by atoms with Gasteiger partial charge >= 0.3 is 5.97 Å². The van der Waals surface area contributed by atoms with Crippen molar-refractivity contribution >= 4 is 11.9 Å². The number of rotatable bonds is 2. The highest BCUT2D eigenvalue weighted by Gasteiger charge is 2.44. The molecule has 1 rings (SSSR count). The van der Waals surface area contributed by atoms with Gasteiger partial charge in [-0.1, -0.05) is 25.7 Å². The van der Waals surface area contributed by atoms with Crippen molar-refractivity contribution in [1.29, 1.82) is 0 Å². The number of primary amides is 1. The molecular weight excluding hydrogens is 170 g/mol. The van der Waals surface area contributed by atoms with Crippen LogP contribution in [0.1, 0.15) is 38.5 Å². The SMILES string of the molecule is NC(=O)C1(C(=O)O)CCCCCC1. The van der Waals surface area contributed by atoms with Crippen LogP contribution in [0.3, 0.4) is 0 Å². The summed E-state index contributed by atoms with van der Waals surface area (Å²) in [6.07, 6.45) is 4.38. The zero-order valence-electron chi connectivity index (χ0n) is 7.58. The summed E-state index contributed by atoms with van der Waals surface area (Å²) >= 11 is 0. The van der Waals surface area contributed by atoms with Gasteiger partial charge in [-0.05, 0) is 12.8 Å². The Morgan fingerprint density at radius 1 is 1.08 bits per heavy atom. The van der Waals surface area contributed by atoms with E-state index in [2.05, 4.69) is 0 Å². The van der Waals surface area contributed by atoms with Gasteiger partial charge in [-0.3, -0.25) is 9.59 Å². The van der Waals surface area contributed by atoms with E-state index < -0.39 is 17.3 Å². The van der Waals surface area contributed by atoms with Gasteiger partial charge in [0.05, 0.1) is 0 Å². The fourth-order valence-corrected chi connectivity index (χ4v) is 1.90. The van der Waals surface area contributed by atoms with Crippen LogP contribution in [0, 0.1) is 5.41 Å². The van der Waals surface area contributed by atoms with Crippen LogP contribution in [0.15, 0.2) is 0 Å². The van der Waals surface area contributed by atoms with Crippen molar-refractivity contribution in [3.05, 3.63) is 0 Å². The van der Waals surface area contributed by atoms with E-state index in [1.807, 2.05) is 0 Å². The predicted octanol–water partition coefficient (Wildman–Crippen LogP) is 0.897. The van der Waals surface area contributed by atoms with Crippen LogP contribution in [0.4, 0.5) is 0 Å². The van der Waals surface area contributed by atoms with E-state index in [0.717, 1.165) is 25.7 Å². The summed E-state index contributed by atoms with van der Waals surface area (Å²) < 4.78 is 0. The number of carboxylic acids is 1. The topological polar surface area (TPSA) is 80.4 Å². The van der Waals surface area contributed by atoms with Crippen LogP contribution < -0.4 is 5.73 Å². The maximum absolute atomic E-state index is 11.1. The van der Waals surface area contributed by atoms with Gasteiger partial charge in [-0.2, -0.15) is 0 Å². The molecular formula is C9H15NO3. The van der Waals surface area contributed by atoms with Crippen LogP contribution in [-0.2, 0) is 9.59 Å². The molecule has 1 fully saturated rings. The predicted molar refractivity (Wildman–Crippen MR) is 47.0 cm³/mol. The van der Waals surface area contributed by atoms with Crippen LogP contribution in [0.5, 0.6) is 0 Å². The van der Waals surface area contributed by atoms with Gasteiger partial charge in [0.25, 0.3) is 0 Å². The summed E-state index contributed by atoms with van der Waals surface area (Å²) in [5.74, 6) is -1.73. The Balaban J connectivity index is 2.86. The summed E-state index contributed by atoms with van der Waals surface area (Å²) in [6.45, 7) is 0. The van der Waals surface area contributed by atoms with E-state index in [1.54, 1.807) is 0 Å². The molecule has 0 atom stereocenters. The normalized spacial score (nSPS) is 21.8. The van der Waals surface area contributed by atoms with Crippen molar-refractivity contribution in [1.82, 2.24) is 0 Å². The molecule has 74 valence electrons. The Morgan fingerprint density at radius 2 is 1.54 bits per heavy atom. The Kier molecular flexibility index (Phi) is 2.90. The average Bonchev–Trinajstić information content (AvgIpc) is 2.28. The second-order valence-electron chi connectivity index (χ2n) is 3.67. The molecule has 4 nitrogen and oxygen atoms in total. The van der Waals surface area contributed by atoms with Gasteiger partial charge in [-0.25, -0.2) is 0 Å². The van der Waals surface area contributed by atoms with Crippen LogP contribution in [-0.4, -0.2) is 17.0 Å². The zero-order chi connectivity index (χ0) is 9.90. The van der Waals surface area contributed by atoms with E-state index in [-0.39, 0.29) is 0 Å². The minimum atomic E-state index is -1.28. The molecule has 0 heterocycles. The van der Waals surface area contributed by atoms with Crippen molar-refractivity contribution in [2.75, 3.05) is 0 Å². The van der Waals surface area contributed by atoms with Crippen LogP contribution in [0.2, 0.25) is 0 Å². The first-order valence-corrected chi connectivity index (χ1v) is 4.63. The third-order valence-corrected chi connectivity index (χ3v) is 2.84. The van der Waals surface area contributed by atoms with Crippen LogP contribution in [0.25, 0.3) is 0 Å². The summed E-state index contributed by atoms with van der Waals surface area (Å²) in [5, 5.41) is 8.98. The van der Waals surface area contributed by atoms with Gasteiger partial charge in [0, 0.05) is 0 Å². The molecule has 1 aliphatic rings. The molecule has 13 heavy (non-hydrogen) atoms. The number of hydrogen-bond acceptors (Lipinski definition) is 2. The van der Waals surface area contributed by atoms with Gasteiger partial charge < -0.3 is 10.8 Å². The van der Waals surface area contributed by atoms with Gasteiger partial charge in [0.1, 0.15) is 5.41 Å². The summed E-state index contributed by atoms with van der Waals surface area (Å²) in [7, 11) is 0. The Labute approximate surface area is 77.1 Å². The molecule has 3 N–H and O–H groups in total. The van der Waals surface area contributed by atoms with Crippen molar-refractivity contribution in [3.8, 4) is 0 Å². The van der Waals surface area contributed by atoms with Crippen molar-refractivity contribution < 1.29 is 14.7 Å². The highest BCUT2D eigenvalue weighted by atomic mass is 16.4. The molecule has 1 aliphatic carbocycles. The Morgan fingerprint density at radius 3 is 1.85 bits per heavy atom. The number of amides is 1. The number of carboxylic acid groups (broad SMARTS) is 1. The highest BCUT2D eigenvalue weighted by molar-refractivity contribution is 6.01. The zero-order valence-corrected chi connectivity index (χ0v) is 7.58. The minimum Gasteiger partial charge on any atom is -0.480 e. The molecule has 0 aromatic rings. The lowest BCUT2D eigenvalue weighted by Gasteiger charge is -2.23. The van der Waals surface area contributed by atoms with Crippen LogP contribution >= 0.6 is 0 Å². The van der Waals surface area contributed by atoms with Gasteiger partial charge in [0.2, 0.25) is 5.91 Å². The first kappa shape index (κ1) is 10.0. The third kappa shape index (κ3) is 1.82. The van der Waals surface area contributed by atoms with Gasteiger partial charge in [-0.15, -0.1) is 0 Å². The Hall–Kier alpha value is -1.06. The molecule has 0 aromatic carbocycles. The fraction of sp³-hybridized carbons (Fsp3) is 0.778. The van der Waals surface area contributed by atoms with E-state index in [4.69, 9.17) is 10.8 Å². The molecule has 0 bridgehead atoms. The first-order chi connectivity index (χ1) is 6.09. The fourth-order valence-electron chi connectivity index (χ4n) is 1.90. The largest absolute Gasteiger partial charge is 0.480 e. The van der Waals surface area contributed by atoms with E-state index >= 15 is 0 Å². The molecule has 0 radical (unpaired) electrons. The quantitative estimate of drug-likeness (QED) is 0.495. The minimum absolute atomic E-state index is 0.400. The maximum atomic E-state index is 11.1. The second-order valence-corrected chi connectivity index (χ2v) is 3.67. The van der Waals surface area contributed by atoms with Crippen molar-refractivity contribution in [2.24, 2.45) is 11.1 Å². The molecule has 0 unspecified atom stereocenters. The molecule has 1 amide bonds. The lowest BCUT2D eigenvalue weighted by Crippen LogP contribution is -2.43. The number of carbonyl (C=O) groups excluding carboxylic acids is 1. The number of nitrogens with two attached hydrogens (primary N) is 1. The first-order valence-electron chi connectivity index (χ1n) is 4.63.